The fraction of sp³-hybridized carbons (Fsp3) is 0.688. The second-order valence-corrected chi connectivity index (χ2v) is 9.72. The van der Waals surface area contributed by atoms with E-state index in [0.29, 0.717) is 43.2 Å². The Kier molecular flexibility index (Phi) is 5.29. The molecule has 3 heterocycles. The molecule has 24 heavy (non-hydrogen) atoms. The SMILES string of the molecule is CC1CN(C(=O)C2CCN(S(=O)(=O)c3cccs3)CC2)CC(C)O1. The summed E-state index contributed by atoms with van der Waals surface area (Å²) in [5, 5.41) is 1.77. The van der Waals surface area contributed by atoms with Crippen molar-refractivity contribution in [1.82, 2.24) is 9.21 Å². The summed E-state index contributed by atoms with van der Waals surface area (Å²) in [6.45, 7) is 6.02. The molecule has 0 N–H and O–H groups in total. The standard InChI is InChI=1S/C16H24N2O4S2/c1-12-10-17(11-13(2)22-12)16(19)14-5-7-18(8-6-14)24(20,21)15-4-3-9-23-15/h3-4,9,12-14H,5-8,10-11H2,1-2H3. The van der Waals surface area contributed by atoms with Gasteiger partial charge in [-0.15, -0.1) is 11.3 Å². The average Bonchev–Trinajstić information content (AvgIpc) is 3.08. The van der Waals surface area contributed by atoms with Crippen molar-refractivity contribution in [2.75, 3.05) is 26.2 Å². The van der Waals surface area contributed by atoms with E-state index < -0.39 is 10.0 Å². The minimum absolute atomic E-state index is 0.0528. The monoisotopic (exact) mass is 372 g/mol. The molecule has 0 radical (unpaired) electrons. The summed E-state index contributed by atoms with van der Waals surface area (Å²) in [5.74, 6) is 0.0578. The summed E-state index contributed by atoms with van der Waals surface area (Å²) in [5.41, 5.74) is 0. The van der Waals surface area contributed by atoms with Crippen LogP contribution in [-0.4, -0.2) is 61.9 Å². The van der Waals surface area contributed by atoms with Gasteiger partial charge in [0, 0.05) is 32.1 Å². The van der Waals surface area contributed by atoms with Crippen molar-refractivity contribution in [2.45, 2.75) is 43.1 Å². The maximum atomic E-state index is 12.7. The van der Waals surface area contributed by atoms with Gasteiger partial charge in [0.1, 0.15) is 4.21 Å². The van der Waals surface area contributed by atoms with Gasteiger partial charge in [0.25, 0.3) is 10.0 Å². The van der Waals surface area contributed by atoms with E-state index in [1.54, 1.807) is 17.5 Å². The molecular weight excluding hydrogens is 348 g/mol. The smallest absolute Gasteiger partial charge is 0.252 e. The van der Waals surface area contributed by atoms with Gasteiger partial charge >= 0.3 is 0 Å². The highest BCUT2D eigenvalue weighted by molar-refractivity contribution is 7.91. The first-order valence-corrected chi connectivity index (χ1v) is 10.7. The van der Waals surface area contributed by atoms with Crippen LogP contribution < -0.4 is 0 Å². The summed E-state index contributed by atoms with van der Waals surface area (Å²) in [6.07, 6.45) is 1.28. The minimum Gasteiger partial charge on any atom is -0.372 e. The van der Waals surface area contributed by atoms with E-state index in [1.165, 1.54) is 15.6 Å². The van der Waals surface area contributed by atoms with Crippen LogP contribution in [0.25, 0.3) is 0 Å². The summed E-state index contributed by atoms with van der Waals surface area (Å²) in [7, 11) is -3.40. The van der Waals surface area contributed by atoms with Crippen LogP contribution in [0.3, 0.4) is 0 Å². The van der Waals surface area contributed by atoms with Crippen molar-refractivity contribution in [3.8, 4) is 0 Å². The predicted molar refractivity (Wildman–Crippen MR) is 92.4 cm³/mol. The minimum atomic E-state index is -3.40. The first kappa shape index (κ1) is 17.8. The lowest BCUT2D eigenvalue weighted by Crippen LogP contribution is -2.51. The van der Waals surface area contributed by atoms with Gasteiger partial charge in [0.2, 0.25) is 5.91 Å². The highest BCUT2D eigenvalue weighted by Crippen LogP contribution is 2.27. The fourth-order valence-corrected chi connectivity index (χ4v) is 6.11. The number of sulfonamides is 1. The summed E-state index contributed by atoms with van der Waals surface area (Å²) < 4.78 is 32.6. The highest BCUT2D eigenvalue weighted by Gasteiger charge is 2.36. The molecule has 2 aliphatic rings. The van der Waals surface area contributed by atoms with Gasteiger partial charge in [0.15, 0.2) is 0 Å². The zero-order chi connectivity index (χ0) is 17.3. The number of rotatable bonds is 3. The van der Waals surface area contributed by atoms with Crippen LogP contribution >= 0.6 is 11.3 Å². The Morgan fingerprint density at radius 3 is 2.38 bits per heavy atom. The molecule has 2 atom stereocenters. The number of amides is 1. The molecule has 8 heteroatoms. The van der Waals surface area contributed by atoms with E-state index in [-0.39, 0.29) is 24.0 Å². The molecule has 0 aromatic carbocycles. The number of ether oxygens (including phenoxy) is 1. The van der Waals surface area contributed by atoms with Crippen LogP contribution in [0.5, 0.6) is 0 Å². The summed E-state index contributed by atoms with van der Waals surface area (Å²) in [6, 6.07) is 3.38. The maximum absolute atomic E-state index is 12.7. The first-order chi connectivity index (χ1) is 11.4. The van der Waals surface area contributed by atoms with Gasteiger partial charge in [-0.05, 0) is 38.1 Å². The molecular formula is C16H24N2O4S2. The van der Waals surface area contributed by atoms with Gasteiger partial charge in [-0.25, -0.2) is 8.42 Å². The predicted octanol–water partition coefficient (Wildman–Crippen LogP) is 1.78. The first-order valence-electron chi connectivity index (χ1n) is 8.36. The van der Waals surface area contributed by atoms with Crippen molar-refractivity contribution in [3.05, 3.63) is 17.5 Å². The van der Waals surface area contributed by atoms with Crippen LogP contribution in [-0.2, 0) is 19.6 Å². The number of hydrogen-bond donors (Lipinski definition) is 0. The molecule has 134 valence electrons. The van der Waals surface area contributed by atoms with Gasteiger partial charge in [-0.2, -0.15) is 4.31 Å². The topological polar surface area (TPSA) is 66.9 Å². The molecule has 2 aliphatic heterocycles. The number of morpholine rings is 1. The van der Waals surface area contributed by atoms with E-state index in [4.69, 9.17) is 4.74 Å². The number of piperidine rings is 1. The maximum Gasteiger partial charge on any atom is 0.252 e. The van der Waals surface area contributed by atoms with E-state index in [9.17, 15) is 13.2 Å². The lowest BCUT2D eigenvalue weighted by atomic mass is 9.96. The molecule has 2 fully saturated rings. The molecule has 0 aliphatic carbocycles. The van der Waals surface area contributed by atoms with Crippen LogP contribution in [0.1, 0.15) is 26.7 Å². The fourth-order valence-electron chi connectivity index (χ4n) is 3.50. The Morgan fingerprint density at radius 1 is 1.21 bits per heavy atom. The molecule has 2 unspecified atom stereocenters. The molecule has 6 nitrogen and oxygen atoms in total. The highest BCUT2D eigenvalue weighted by atomic mass is 32.2. The van der Waals surface area contributed by atoms with Crippen LogP contribution in [0.4, 0.5) is 0 Å². The van der Waals surface area contributed by atoms with Gasteiger partial charge in [0.05, 0.1) is 12.2 Å². The summed E-state index contributed by atoms with van der Waals surface area (Å²) >= 11 is 1.24. The molecule has 0 bridgehead atoms. The van der Waals surface area contributed by atoms with Crippen LogP contribution in [0.15, 0.2) is 21.7 Å². The molecule has 1 aromatic heterocycles. The Bertz CT molecular complexity index is 656. The Morgan fingerprint density at radius 2 is 1.83 bits per heavy atom. The third kappa shape index (κ3) is 3.66. The molecule has 1 amide bonds. The quantitative estimate of drug-likeness (QED) is 0.811. The van der Waals surface area contributed by atoms with Gasteiger partial charge in [-0.1, -0.05) is 6.07 Å². The van der Waals surface area contributed by atoms with E-state index in [1.807, 2.05) is 18.7 Å². The lowest BCUT2D eigenvalue weighted by molar-refractivity contribution is -0.148. The van der Waals surface area contributed by atoms with E-state index in [0.717, 1.165) is 0 Å². The Hall–Kier alpha value is -0.960. The number of carbonyl (C=O) groups is 1. The van der Waals surface area contributed by atoms with Crippen molar-refractivity contribution in [3.63, 3.8) is 0 Å². The van der Waals surface area contributed by atoms with Gasteiger partial charge < -0.3 is 9.64 Å². The second-order valence-electron chi connectivity index (χ2n) is 6.61. The third-order valence-corrected chi connectivity index (χ3v) is 7.90. The van der Waals surface area contributed by atoms with Crippen molar-refractivity contribution in [1.29, 1.82) is 0 Å². The average molecular weight is 373 g/mol. The largest absolute Gasteiger partial charge is 0.372 e. The molecule has 3 rings (SSSR count). The Balaban J connectivity index is 1.60. The number of nitrogens with zero attached hydrogens (tertiary/aromatic N) is 2. The zero-order valence-corrected chi connectivity index (χ0v) is 15.7. The molecule has 1 aromatic rings. The second kappa shape index (κ2) is 7.11. The number of hydrogen-bond acceptors (Lipinski definition) is 5. The third-order valence-electron chi connectivity index (χ3n) is 4.62. The Labute approximate surface area is 147 Å². The molecule has 2 saturated heterocycles. The van der Waals surface area contributed by atoms with Crippen LogP contribution in [0.2, 0.25) is 0 Å². The number of thiophene rings is 1. The van der Waals surface area contributed by atoms with Gasteiger partial charge in [-0.3, -0.25) is 4.79 Å². The molecule has 0 saturated carbocycles. The molecule has 0 spiro atoms. The van der Waals surface area contributed by atoms with E-state index >= 15 is 0 Å². The van der Waals surface area contributed by atoms with E-state index in [2.05, 4.69) is 0 Å². The van der Waals surface area contributed by atoms with Crippen molar-refractivity contribution >= 4 is 27.3 Å². The lowest BCUT2D eigenvalue weighted by Gasteiger charge is -2.39. The zero-order valence-electron chi connectivity index (χ0n) is 14.1. The summed E-state index contributed by atoms with van der Waals surface area (Å²) in [4.78, 5) is 14.6. The van der Waals surface area contributed by atoms with Crippen molar-refractivity contribution < 1.29 is 17.9 Å². The van der Waals surface area contributed by atoms with Crippen LogP contribution in [0, 0.1) is 5.92 Å². The normalized spacial score (nSPS) is 27.3. The van der Waals surface area contributed by atoms with Crippen molar-refractivity contribution in [2.24, 2.45) is 5.92 Å². The number of carbonyl (C=O) groups excluding carboxylic acids is 1.